The molecular formula is C15H12ClN5O2. The zero-order valence-electron chi connectivity index (χ0n) is 12.2. The van der Waals surface area contributed by atoms with Crippen LogP contribution in [0, 0.1) is 0 Å². The van der Waals surface area contributed by atoms with Gasteiger partial charge in [-0.25, -0.2) is 4.98 Å². The van der Waals surface area contributed by atoms with E-state index in [0.717, 1.165) is 11.4 Å². The molecule has 1 aromatic carbocycles. The van der Waals surface area contributed by atoms with Crippen LogP contribution < -0.4 is 0 Å². The van der Waals surface area contributed by atoms with E-state index in [1.807, 2.05) is 22.8 Å². The molecule has 116 valence electrons. The number of halogens is 1. The van der Waals surface area contributed by atoms with Crippen LogP contribution in [0.3, 0.4) is 0 Å². The van der Waals surface area contributed by atoms with Crippen LogP contribution in [0.25, 0.3) is 17.3 Å². The van der Waals surface area contributed by atoms with Gasteiger partial charge in [-0.15, -0.1) is 11.6 Å². The number of rotatable bonds is 2. The molecule has 3 heterocycles. The fourth-order valence-corrected chi connectivity index (χ4v) is 2.80. The van der Waals surface area contributed by atoms with Gasteiger partial charge in [-0.05, 0) is 12.1 Å². The molecule has 0 saturated heterocycles. The van der Waals surface area contributed by atoms with E-state index >= 15 is 0 Å². The van der Waals surface area contributed by atoms with Crippen molar-refractivity contribution in [3.05, 3.63) is 47.6 Å². The van der Waals surface area contributed by atoms with Crippen molar-refractivity contribution in [2.75, 3.05) is 7.05 Å². The molecule has 23 heavy (non-hydrogen) atoms. The highest BCUT2D eigenvalue weighted by Gasteiger charge is 2.27. The molecular weight excluding hydrogens is 318 g/mol. The monoisotopic (exact) mass is 329 g/mol. The minimum absolute atomic E-state index is 0.0372. The standard InChI is InChI=1S/C15H12ClN5O2/c1-20-8-9-7-17-14(13-18-12(6-16)23-19-13)21(9)11-5-3-2-4-10(11)15(20)22/h2-5,7H,6,8H2,1H3. The largest absolute Gasteiger partial charge is 0.338 e. The van der Waals surface area contributed by atoms with Crippen LogP contribution in [-0.4, -0.2) is 37.5 Å². The first-order chi connectivity index (χ1) is 11.2. The first-order valence-corrected chi connectivity index (χ1v) is 7.53. The Kier molecular flexibility index (Phi) is 3.16. The fourth-order valence-electron chi connectivity index (χ4n) is 2.70. The number of imidazole rings is 1. The predicted octanol–water partition coefficient (Wildman–Crippen LogP) is 2.25. The van der Waals surface area contributed by atoms with Crippen LogP contribution in [-0.2, 0) is 12.4 Å². The van der Waals surface area contributed by atoms with Crippen molar-refractivity contribution in [1.82, 2.24) is 24.6 Å². The molecule has 0 bridgehead atoms. The minimum Gasteiger partial charge on any atom is -0.338 e. The van der Waals surface area contributed by atoms with E-state index in [1.165, 1.54) is 0 Å². The van der Waals surface area contributed by atoms with Gasteiger partial charge in [0.1, 0.15) is 5.88 Å². The summed E-state index contributed by atoms with van der Waals surface area (Å²) >= 11 is 5.72. The highest BCUT2D eigenvalue weighted by molar-refractivity contribution is 6.16. The second-order valence-corrected chi connectivity index (χ2v) is 5.50. The second kappa shape index (κ2) is 5.20. The van der Waals surface area contributed by atoms with Crippen LogP contribution in [0.15, 0.2) is 35.0 Å². The van der Waals surface area contributed by atoms with E-state index in [1.54, 1.807) is 24.2 Å². The maximum absolute atomic E-state index is 12.5. The number of amides is 1. The molecule has 0 N–H and O–H groups in total. The molecule has 0 unspecified atom stereocenters. The number of aromatic nitrogens is 4. The van der Waals surface area contributed by atoms with Crippen molar-refractivity contribution in [1.29, 1.82) is 0 Å². The highest BCUT2D eigenvalue weighted by Crippen LogP contribution is 2.28. The molecule has 8 heteroatoms. The lowest BCUT2D eigenvalue weighted by Gasteiger charge is -2.13. The number of para-hydroxylation sites is 1. The van der Waals surface area contributed by atoms with Gasteiger partial charge in [0.05, 0.1) is 29.7 Å². The van der Waals surface area contributed by atoms with Gasteiger partial charge in [0, 0.05) is 7.05 Å². The number of carbonyl (C=O) groups excluding carboxylic acids is 1. The minimum atomic E-state index is -0.0372. The van der Waals surface area contributed by atoms with Gasteiger partial charge in [0.15, 0.2) is 5.82 Å². The van der Waals surface area contributed by atoms with Crippen molar-refractivity contribution in [3.8, 4) is 17.3 Å². The Bertz CT molecular complexity index is 901. The van der Waals surface area contributed by atoms with E-state index in [0.29, 0.717) is 29.6 Å². The molecule has 0 aliphatic carbocycles. The quantitative estimate of drug-likeness (QED) is 0.674. The molecule has 0 saturated carbocycles. The van der Waals surface area contributed by atoms with Crippen LogP contribution in [0.4, 0.5) is 0 Å². The van der Waals surface area contributed by atoms with Crippen molar-refractivity contribution >= 4 is 17.5 Å². The Morgan fingerprint density at radius 1 is 1.35 bits per heavy atom. The average molecular weight is 330 g/mol. The first-order valence-electron chi connectivity index (χ1n) is 6.99. The van der Waals surface area contributed by atoms with E-state index in [4.69, 9.17) is 16.1 Å². The van der Waals surface area contributed by atoms with Gasteiger partial charge in [-0.3, -0.25) is 9.36 Å². The molecule has 0 atom stereocenters. The average Bonchev–Trinajstić information content (AvgIpc) is 3.18. The zero-order chi connectivity index (χ0) is 16.0. The van der Waals surface area contributed by atoms with Crippen LogP contribution >= 0.6 is 11.6 Å². The summed E-state index contributed by atoms with van der Waals surface area (Å²) in [5.74, 6) is 1.30. The zero-order valence-corrected chi connectivity index (χ0v) is 13.0. The maximum Gasteiger partial charge on any atom is 0.256 e. The second-order valence-electron chi connectivity index (χ2n) is 5.23. The summed E-state index contributed by atoms with van der Waals surface area (Å²) in [4.78, 5) is 22.8. The first kappa shape index (κ1) is 14.0. The molecule has 1 aliphatic rings. The van der Waals surface area contributed by atoms with Crippen molar-refractivity contribution < 1.29 is 9.32 Å². The summed E-state index contributed by atoms with van der Waals surface area (Å²) in [6.07, 6.45) is 1.72. The molecule has 0 fully saturated rings. The number of fused-ring (bicyclic) bond motifs is 3. The Morgan fingerprint density at radius 2 is 2.17 bits per heavy atom. The number of carbonyl (C=O) groups is 1. The number of nitrogens with zero attached hydrogens (tertiary/aromatic N) is 5. The molecule has 7 nitrogen and oxygen atoms in total. The third kappa shape index (κ3) is 2.12. The van der Waals surface area contributed by atoms with Gasteiger partial charge in [-0.1, -0.05) is 17.3 Å². The number of hydrogen-bond acceptors (Lipinski definition) is 5. The third-order valence-corrected chi connectivity index (χ3v) is 3.97. The van der Waals surface area contributed by atoms with Crippen LogP contribution in [0.2, 0.25) is 0 Å². The Hall–Kier alpha value is -2.67. The summed E-state index contributed by atoms with van der Waals surface area (Å²) in [7, 11) is 1.77. The van der Waals surface area contributed by atoms with E-state index < -0.39 is 0 Å². The molecule has 1 aliphatic heterocycles. The maximum atomic E-state index is 12.5. The van der Waals surface area contributed by atoms with Gasteiger partial charge < -0.3 is 9.42 Å². The molecule has 1 amide bonds. The van der Waals surface area contributed by atoms with Crippen LogP contribution in [0.5, 0.6) is 0 Å². The number of hydrogen-bond donors (Lipinski definition) is 0. The topological polar surface area (TPSA) is 77.1 Å². The highest BCUT2D eigenvalue weighted by atomic mass is 35.5. The van der Waals surface area contributed by atoms with Gasteiger partial charge in [-0.2, -0.15) is 4.98 Å². The molecule has 0 radical (unpaired) electrons. The Morgan fingerprint density at radius 3 is 2.96 bits per heavy atom. The Balaban J connectivity index is 1.96. The lowest BCUT2D eigenvalue weighted by molar-refractivity contribution is 0.0788. The normalized spacial score (nSPS) is 13.7. The smallest absolute Gasteiger partial charge is 0.256 e. The van der Waals surface area contributed by atoms with Crippen molar-refractivity contribution in [2.24, 2.45) is 0 Å². The van der Waals surface area contributed by atoms with Crippen molar-refractivity contribution in [3.63, 3.8) is 0 Å². The lowest BCUT2D eigenvalue weighted by atomic mass is 10.1. The summed E-state index contributed by atoms with van der Waals surface area (Å²) < 4.78 is 6.95. The van der Waals surface area contributed by atoms with E-state index in [2.05, 4.69) is 15.1 Å². The summed E-state index contributed by atoms with van der Waals surface area (Å²) in [6.45, 7) is 0.445. The number of benzene rings is 1. The summed E-state index contributed by atoms with van der Waals surface area (Å²) in [5.41, 5.74) is 2.23. The molecule has 2 aromatic heterocycles. The number of alkyl halides is 1. The van der Waals surface area contributed by atoms with Gasteiger partial charge in [0.2, 0.25) is 11.7 Å². The lowest BCUT2D eigenvalue weighted by Crippen LogP contribution is -2.24. The Labute approximate surface area is 136 Å². The van der Waals surface area contributed by atoms with Gasteiger partial charge >= 0.3 is 0 Å². The SMILES string of the molecule is CN1Cc2cnc(-c3noc(CCl)n3)n2-c2ccccc2C1=O. The predicted molar refractivity (Wildman–Crippen MR) is 82.2 cm³/mol. The van der Waals surface area contributed by atoms with Gasteiger partial charge in [0.25, 0.3) is 5.91 Å². The van der Waals surface area contributed by atoms with Crippen molar-refractivity contribution in [2.45, 2.75) is 12.4 Å². The molecule has 3 aromatic rings. The third-order valence-electron chi connectivity index (χ3n) is 3.74. The van der Waals surface area contributed by atoms with E-state index in [-0.39, 0.29) is 11.8 Å². The van der Waals surface area contributed by atoms with E-state index in [9.17, 15) is 4.79 Å². The molecule has 0 spiro atoms. The fraction of sp³-hybridized carbons (Fsp3) is 0.200. The molecule has 4 rings (SSSR count). The summed E-state index contributed by atoms with van der Waals surface area (Å²) in [6, 6.07) is 7.40. The van der Waals surface area contributed by atoms with Crippen LogP contribution in [0.1, 0.15) is 21.9 Å². The summed E-state index contributed by atoms with van der Waals surface area (Å²) in [5, 5.41) is 3.93.